The molecule has 2 N–H and O–H groups in total. The van der Waals surface area contributed by atoms with Crippen molar-refractivity contribution >= 4 is 34.1 Å². The Bertz CT molecular complexity index is 833. The second kappa shape index (κ2) is 5.42. The molecule has 0 aliphatic carbocycles. The molecule has 0 spiro atoms. The van der Waals surface area contributed by atoms with Gasteiger partial charge < -0.3 is 10.4 Å². The average Bonchev–Trinajstić information content (AvgIpc) is 2.48. The number of rotatable bonds is 2. The summed E-state index contributed by atoms with van der Waals surface area (Å²) >= 11 is 5.96. The smallest absolute Gasteiger partial charge is 0.256 e. The monoisotopic (exact) mass is 298 g/mol. The number of anilines is 1. The number of benzene rings is 2. The summed E-state index contributed by atoms with van der Waals surface area (Å²) in [5, 5.41) is 13.3. The van der Waals surface area contributed by atoms with Crippen molar-refractivity contribution < 1.29 is 9.90 Å². The molecule has 3 aromatic rings. The summed E-state index contributed by atoms with van der Waals surface area (Å²) in [6.45, 7) is 0. The SMILES string of the molecule is O=C(Nc1ccccc1O)c1cc(Cl)nc2ccccc12. The summed E-state index contributed by atoms with van der Waals surface area (Å²) in [7, 11) is 0. The summed E-state index contributed by atoms with van der Waals surface area (Å²) in [6.07, 6.45) is 0. The maximum Gasteiger partial charge on any atom is 0.256 e. The van der Waals surface area contributed by atoms with Crippen molar-refractivity contribution in [2.75, 3.05) is 5.32 Å². The number of phenols is 1. The maximum atomic E-state index is 12.4. The molecule has 1 aromatic heterocycles. The highest BCUT2D eigenvalue weighted by molar-refractivity contribution is 6.30. The number of hydrogen-bond donors (Lipinski definition) is 2. The first-order valence-electron chi connectivity index (χ1n) is 6.30. The zero-order valence-electron chi connectivity index (χ0n) is 10.9. The fourth-order valence-corrected chi connectivity index (χ4v) is 2.30. The van der Waals surface area contributed by atoms with E-state index in [1.165, 1.54) is 12.1 Å². The number of aromatic nitrogens is 1. The molecule has 1 heterocycles. The van der Waals surface area contributed by atoms with Crippen LogP contribution in [0.4, 0.5) is 5.69 Å². The lowest BCUT2D eigenvalue weighted by atomic mass is 10.1. The molecule has 21 heavy (non-hydrogen) atoms. The zero-order valence-corrected chi connectivity index (χ0v) is 11.6. The van der Waals surface area contributed by atoms with Gasteiger partial charge in [-0.2, -0.15) is 0 Å². The molecule has 5 heteroatoms. The molecule has 0 bridgehead atoms. The minimum Gasteiger partial charge on any atom is -0.506 e. The van der Waals surface area contributed by atoms with E-state index in [2.05, 4.69) is 10.3 Å². The third kappa shape index (κ3) is 2.66. The summed E-state index contributed by atoms with van der Waals surface area (Å²) < 4.78 is 0. The number of amides is 1. The van der Waals surface area contributed by atoms with Gasteiger partial charge in [-0.15, -0.1) is 0 Å². The van der Waals surface area contributed by atoms with Gasteiger partial charge in [0.25, 0.3) is 5.91 Å². The molecule has 0 saturated carbocycles. The molecule has 0 unspecified atom stereocenters. The van der Waals surface area contributed by atoms with Crippen LogP contribution in [-0.4, -0.2) is 16.0 Å². The summed E-state index contributed by atoms with van der Waals surface area (Å²) in [6, 6.07) is 15.3. The number of aromatic hydroxyl groups is 1. The van der Waals surface area contributed by atoms with Crippen LogP contribution in [0.25, 0.3) is 10.9 Å². The van der Waals surface area contributed by atoms with Crippen LogP contribution in [0, 0.1) is 0 Å². The Morgan fingerprint density at radius 2 is 1.81 bits per heavy atom. The van der Waals surface area contributed by atoms with Crippen LogP contribution in [0.15, 0.2) is 54.6 Å². The highest BCUT2D eigenvalue weighted by Gasteiger charge is 2.13. The Balaban J connectivity index is 2.04. The van der Waals surface area contributed by atoms with E-state index in [4.69, 9.17) is 11.6 Å². The molecule has 0 saturated heterocycles. The number of nitrogens with zero attached hydrogens (tertiary/aromatic N) is 1. The van der Waals surface area contributed by atoms with E-state index in [9.17, 15) is 9.90 Å². The lowest BCUT2D eigenvalue weighted by Gasteiger charge is -2.09. The van der Waals surface area contributed by atoms with Gasteiger partial charge in [-0.1, -0.05) is 41.9 Å². The van der Waals surface area contributed by atoms with Crippen molar-refractivity contribution in [2.24, 2.45) is 0 Å². The number of carbonyl (C=O) groups is 1. The zero-order chi connectivity index (χ0) is 14.8. The number of phenolic OH excluding ortho intramolecular Hbond substituents is 1. The minimum absolute atomic E-state index is 0.00955. The Kier molecular flexibility index (Phi) is 3.46. The molecule has 0 aliphatic rings. The molecular formula is C16H11ClN2O2. The Morgan fingerprint density at radius 3 is 2.62 bits per heavy atom. The van der Waals surface area contributed by atoms with Crippen molar-refractivity contribution in [2.45, 2.75) is 0 Å². The van der Waals surface area contributed by atoms with Crippen molar-refractivity contribution in [1.29, 1.82) is 0 Å². The van der Waals surface area contributed by atoms with Crippen LogP contribution in [-0.2, 0) is 0 Å². The predicted octanol–water partition coefficient (Wildman–Crippen LogP) is 3.85. The summed E-state index contributed by atoms with van der Waals surface area (Å²) in [4.78, 5) is 16.6. The molecular weight excluding hydrogens is 288 g/mol. The van der Waals surface area contributed by atoms with Gasteiger partial charge >= 0.3 is 0 Å². The quantitative estimate of drug-likeness (QED) is 0.558. The maximum absolute atomic E-state index is 12.4. The van der Waals surface area contributed by atoms with Crippen LogP contribution in [0.2, 0.25) is 5.15 Å². The number of para-hydroxylation sites is 3. The van der Waals surface area contributed by atoms with Crippen LogP contribution in [0.3, 0.4) is 0 Å². The van der Waals surface area contributed by atoms with E-state index in [-0.39, 0.29) is 16.8 Å². The van der Waals surface area contributed by atoms with Gasteiger partial charge in [0.05, 0.1) is 16.8 Å². The molecule has 0 atom stereocenters. The fourth-order valence-electron chi connectivity index (χ4n) is 2.10. The molecule has 1 amide bonds. The van der Waals surface area contributed by atoms with Crippen LogP contribution < -0.4 is 5.32 Å². The first-order chi connectivity index (χ1) is 10.1. The first-order valence-corrected chi connectivity index (χ1v) is 6.67. The molecule has 3 rings (SSSR count). The predicted molar refractivity (Wildman–Crippen MR) is 82.8 cm³/mol. The Hall–Kier alpha value is -2.59. The second-order valence-corrected chi connectivity index (χ2v) is 4.87. The standard InChI is InChI=1S/C16H11ClN2O2/c17-15-9-11(10-5-1-2-6-12(10)18-15)16(21)19-13-7-3-4-8-14(13)20/h1-9,20H,(H,19,21). The summed E-state index contributed by atoms with van der Waals surface area (Å²) in [5.41, 5.74) is 1.40. The van der Waals surface area contributed by atoms with Gasteiger partial charge in [-0.3, -0.25) is 4.79 Å². The van der Waals surface area contributed by atoms with E-state index >= 15 is 0 Å². The van der Waals surface area contributed by atoms with Crippen molar-refractivity contribution in [3.63, 3.8) is 0 Å². The fraction of sp³-hybridized carbons (Fsp3) is 0. The van der Waals surface area contributed by atoms with Crippen molar-refractivity contribution in [3.8, 4) is 5.75 Å². The van der Waals surface area contributed by atoms with Crippen LogP contribution >= 0.6 is 11.6 Å². The summed E-state index contributed by atoms with van der Waals surface area (Å²) in [5.74, 6) is -0.340. The molecule has 0 radical (unpaired) electrons. The number of nitrogens with one attached hydrogen (secondary N) is 1. The highest BCUT2D eigenvalue weighted by Crippen LogP contribution is 2.25. The molecule has 4 nitrogen and oxygen atoms in total. The van der Waals surface area contributed by atoms with Gasteiger partial charge in [-0.25, -0.2) is 4.98 Å². The van der Waals surface area contributed by atoms with Crippen molar-refractivity contribution in [3.05, 3.63) is 65.3 Å². The van der Waals surface area contributed by atoms with Gasteiger partial charge in [0.2, 0.25) is 0 Å². The normalized spacial score (nSPS) is 10.5. The van der Waals surface area contributed by atoms with E-state index < -0.39 is 0 Å². The molecule has 0 aliphatic heterocycles. The number of carbonyl (C=O) groups excluding carboxylic acids is 1. The van der Waals surface area contributed by atoms with Gasteiger partial charge in [0.1, 0.15) is 10.9 Å². The topological polar surface area (TPSA) is 62.2 Å². The number of halogens is 1. The second-order valence-electron chi connectivity index (χ2n) is 4.48. The van der Waals surface area contributed by atoms with Crippen LogP contribution in [0.5, 0.6) is 5.75 Å². The number of fused-ring (bicyclic) bond motifs is 1. The Morgan fingerprint density at radius 1 is 1.10 bits per heavy atom. The number of hydrogen-bond acceptors (Lipinski definition) is 3. The molecule has 2 aromatic carbocycles. The lowest BCUT2D eigenvalue weighted by Crippen LogP contribution is -2.12. The Labute approximate surface area is 126 Å². The minimum atomic E-state index is -0.350. The molecule has 0 fully saturated rings. The van der Waals surface area contributed by atoms with E-state index in [0.29, 0.717) is 22.2 Å². The first kappa shape index (κ1) is 13.4. The van der Waals surface area contributed by atoms with E-state index in [1.807, 2.05) is 12.1 Å². The van der Waals surface area contributed by atoms with Gasteiger partial charge in [0.15, 0.2) is 0 Å². The number of pyridine rings is 1. The average molecular weight is 299 g/mol. The van der Waals surface area contributed by atoms with Crippen LogP contribution in [0.1, 0.15) is 10.4 Å². The lowest BCUT2D eigenvalue weighted by molar-refractivity contribution is 0.102. The largest absolute Gasteiger partial charge is 0.506 e. The van der Waals surface area contributed by atoms with E-state index in [1.54, 1.807) is 30.3 Å². The molecule has 104 valence electrons. The van der Waals surface area contributed by atoms with Crippen molar-refractivity contribution in [1.82, 2.24) is 4.98 Å². The third-order valence-electron chi connectivity index (χ3n) is 3.08. The van der Waals surface area contributed by atoms with E-state index in [0.717, 1.165) is 0 Å². The van der Waals surface area contributed by atoms with Gasteiger partial charge in [-0.05, 0) is 24.3 Å². The third-order valence-corrected chi connectivity index (χ3v) is 3.28. The highest BCUT2D eigenvalue weighted by atomic mass is 35.5. The van der Waals surface area contributed by atoms with Gasteiger partial charge in [0, 0.05) is 5.39 Å².